The van der Waals surface area contributed by atoms with Crippen molar-refractivity contribution in [1.82, 2.24) is 4.57 Å². The second kappa shape index (κ2) is 10.2. The number of carbonyl (C=O) groups excluding carboxylic acids is 1. The van der Waals surface area contributed by atoms with Gasteiger partial charge < -0.3 is 18.8 Å². The van der Waals surface area contributed by atoms with Crippen LogP contribution in [-0.4, -0.2) is 37.4 Å². The van der Waals surface area contributed by atoms with Gasteiger partial charge in [0.15, 0.2) is 4.80 Å². The van der Waals surface area contributed by atoms with Gasteiger partial charge in [0.2, 0.25) is 0 Å². The van der Waals surface area contributed by atoms with E-state index in [1.807, 2.05) is 60.9 Å². The molecular weight excluding hydrogens is 388 g/mol. The molecule has 0 aliphatic heterocycles. The van der Waals surface area contributed by atoms with Crippen molar-refractivity contribution < 1.29 is 19.0 Å². The van der Waals surface area contributed by atoms with Crippen molar-refractivity contribution in [3.63, 3.8) is 0 Å². The van der Waals surface area contributed by atoms with Gasteiger partial charge in [-0.05, 0) is 49.7 Å². The second-order valence-corrected chi connectivity index (χ2v) is 7.36. The van der Waals surface area contributed by atoms with Crippen LogP contribution in [-0.2, 0) is 22.5 Å². The van der Waals surface area contributed by atoms with Gasteiger partial charge in [0.05, 0.1) is 36.5 Å². The molecule has 7 heteroatoms. The standard InChI is InChI=1S/C22H26N2O4S/c1-4-27-17-8-6-16(7-9-17)14-21(25)23-22-24(12-13-26-3)19-11-10-18(28-5-2)15-20(19)29-22/h6-11,15H,4-5,12-14H2,1-3H3. The van der Waals surface area contributed by atoms with Crippen LogP contribution in [0.1, 0.15) is 19.4 Å². The first-order valence-electron chi connectivity index (χ1n) is 9.69. The molecule has 154 valence electrons. The molecule has 0 aliphatic carbocycles. The van der Waals surface area contributed by atoms with Crippen molar-refractivity contribution in [3.8, 4) is 11.5 Å². The van der Waals surface area contributed by atoms with Gasteiger partial charge in [0.25, 0.3) is 5.91 Å². The molecule has 0 radical (unpaired) electrons. The largest absolute Gasteiger partial charge is 0.494 e. The third kappa shape index (κ3) is 5.46. The summed E-state index contributed by atoms with van der Waals surface area (Å²) in [6.07, 6.45) is 0.245. The first-order valence-corrected chi connectivity index (χ1v) is 10.5. The van der Waals surface area contributed by atoms with Crippen molar-refractivity contribution in [2.75, 3.05) is 26.9 Å². The number of hydrogen-bond donors (Lipinski definition) is 0. The van der Waals surface area contributed by atoms with Crippen LogP contribution in [0.4, 0.5) is 0 Å². The minimum Gasteiger partial charge on any atom is -0.494 e. The number of ether oxygens (including phenoxy) is 3. The van der Waals surface area contributed by atoms with E-state index in [0.717, 1.165) is 27.3 Å². The number of methoxy groups -OCH3 is 1. The molecule has 0 saturated carbocycles. The van der Waals surface area contributed by atoms with Crippen LogP contribution >= 0.6 is 11.3 Å². The third-order valence-corrected chi connectivity index (χ3v) is 5.34. The van der Waals surface area contributed by atoms with Crippen LogP contribution in [0.15, 0.2) is 47.5 Å². The number of fused-ring (bicyclic) bond motifs is 1. The quantitative estimate of drug-likeness (QED) is 0.534. The molecule has 3 aromatic rings. The van der Waals surface area contributed by atoms with Gasteiger partial charge in [-0.15, -0.1) is 0 Å². The van der Waals surface area contributed by atoms with Gasteiger partial charge in [0, 0.05) is 13.7 Å². The average molecular weight is 415 g/mol. The summed E-state index contributed by atoms with van der Waals surface area (Å²) in [5, 5.41) is 0. The normalized spacial score (nSPS) is 11.8. The van der Waals surface area contributed by atoms with Gasteiger partial charge in [-0.3, -0.25) is 4.79 Å². The van der Waals surface area contributed by atoms with Gasteiger partial charge in [0.1, 0.15) is 11.5 Å². The molecule has 0 fully saturated rings. The predicted molar refractivity (Wildman–Crippen MR) is 115 cm³/mol. The van der Waals surface area contributed by atoms with Crippen LogP contribution < -0.4 is 14.3 Å². The summed E-state index contributed by atoms with van der Waals surface area (Å²) >= 11 is 1.48. The molecule has 29 heavy (non-hydrogen) atoms. The summed E-state index contributed by atoms with van der Waals surface area (Å²) in [6.45, 7) is 6.29. The van der Waals surface area contributed by atoms with E-state index < -0.39 is 0 Å². The SMILES string of the molecule is CCOc1ccc(CC(=O)N=c2sc3cc(OCC)ccc3n2CCOC)cc1. The van der Waals surface area contributed by atoms with Crippen LogP contribution in [0, 0.1) is 0 Å². The molecule has 0 unspecified atom stereocenters. The number of carbonyl (C=O) groups is 1. The molecule has 1 heterocycles. The molecular formula is C22H26N2O4S. The molecule has 0 N–H and O–H groups in total. The molecule has 0 bridgehead atoms. The maximum absolute atomic E-state index is 12.6. The summed E-state index contributed by atoms with van der Waals surface area (Å²) in [6, 6.07) is 13.5. The maximum atomic E-state index is 12.6. The highest BCUT2D eigenvalue weighted by molar-refractivity contribution is 7.16. The van der Waals surface area contributed by atoms with E-state index in [4.69, 9.17) is 14.2 Å². The number of rotatable bonds is 9. The molecule has 2 aromatic carbocycles. The van der Waals surface area contributed by atoms with E-state index in [0.29, 0.717) is 31.2 Å². The number of hydrogen-bond acceptors (Lipinski definition) is 5. The Balaban J connectivity index is 1.88. The summed E-state index contributed by atoms with van der Waals surface area (Å²) in [4.78, 5) is 17.7. The molecule has 1 amide bonds. The van der Waals surface area contributed by atoms with Crippen LogP contribution in [0.2, 0.25) is 0 Å². The van der Waals surface area contributed by atoms with E-state index in [9.17, 15) is 4.79 Å². The van der Waals surface area contributed by atoms with Gasteiger partial charge >= 0.3 is 0 Å². The number of thiazole rings is 1. The first kappa shape index (κ1) is 21.1. The summed E-state index contributed by atoms with van der Waals surface area (Å²) < 4.78 is 19.3. The highest BCUT2D eigenvalue weighted by atomic mass is 32.1. The van der Waals surface area contributed by atoms with Crippen molar-refractivity contribution in [1.29, 1.82) is 0 Å². The highest BCUT2D eigenvalue weighted by Crippen LogP contribution is 2.23. The Morgan fingerprint density at radius 3 is 2.41 bits per heavy atom. The van der Waals surface area contributed by atoms with E-state index in [1.165, 1.54) is 11.3 Å². The van der Waals surface area contributed by atoms with Crippen molar-refractivity contribution in [2.45, 2.75) is 26.8 Å². The van der Waals surface area contributed by atoms with Crippen LogP contribution in [0.3, 0.4) is 0 Å². The minimum absolute atomic E-state index is 0.183. The minimum atomic E-state index is -0.183. The highest BCUT2D eigenvalue weighted by Gasteiger charge is 2.10. The summed E-state index contributed by atoms with van der Waals surface area (Å²) in [5.41, 5.74) is 1.92. The lowest BCUT2D eigenvalue weighted by Gasteiger charge is -2.06. The zero-order valence-corrected chi connectivity index (χ0v) is 17.8. The van der Waals surface area contributed by atoms with Gasteiger partial charge in [-0.2, -0.15) is 4.99 Å². The first-order chi connectivity index (χ1) is 14.1. The van der Waals surface area contributed by atoms with Crippen molar-refractivity contribution in [3.05, 3.63) is 52.8 Å². The Kier molecular flexibility index (Phi) is 7.43. The smallest absolute Gasteiger partial charge is 0.252 e. The molecule has 0 spiro atoms. The molecule has 0 aliphatic rings. The zero-order chi connectivity index (χ0) is 20.6. The van der Waals surface area contributed by atoms with Crippen LogP contribution in [0.25, 0.3) is 10.2 Å². The summed E-state index contributed by atoms with van der Waals surface area (Å²) in [5.74, 6) is 1.43. The number of aromatic nitrogens is 1. The van der Waals surface area contributed by atoms with E-state index in [-0.39, 0.29) is 12.3 Å². The number of benzene rings is 2. The average Bonchev–Trinajstić information content (AvgIpc) is 3.04. The molecule has 1 aromatic heterocycles. The van der Waals surface area contributed by atoms with Gasteiger partial charge in [-0.25, -0.2) is 0 Å². The monoisotopic (exact) mass is 414 g/mol. The number of amides is 1. The van der Waals surface area contributed by atoms with Crippen molar-refractivity contribution in [2.24, 2.45) is 4.99 Å². The third-order valence-electron chi connectivity index (χ3n) is 4.29. The lowest BCUT2D eigenvalue weighted by molar-refractivity contribution is -0.117. The predicted octanol–water partition coefficient (Wildman–Crippen LogP) is 3.82. The van der Waals surface area contributed by atoms with Crippen molar-refractivity contribution >= 4 is 27.5 Å². The lowest BCUT2D eigenvalue weighted by atomic mass is 10.1. The molecule has 0 atom stereocenters. The van der Waals surface area contributed by atoms with Gasteiger partial charge in [-0.1, -0.05) is 23.5 Å². The second-order valence-electron chi connectivity index (χ2n) is 6.35. The number of nitrogens with zero attached hydrogens (tertiary/aromatic N) is 2. The topological polar surface area (TPSA) is 62.0 Å². The molecule has 0 saturated heterocycles. The van der Waals surface area contributed by atoms with E-state index in [2.05, 4.69) is 4.99 Å². The summed E-state index contributed by atoms with van der Waals surface area (Å²) in [7, 11) is 1.66. The Labute approximate surface area is 174 Å². The zero-order valence-electron chi connectivity index (χ0n) is 17.0. The Morgan fingerprint density at radius 2 is 1.72 bits per heavy atom. The lowest BCUT2D eigenvalue weighted by Crippen LogP contribution is -2.19. The molecule has 3 rings (SSSR count). The molecule has 6 nitrogen and oxygen atoms in total. The van der Waals surface area contributed by atoms with E-state index in [1.54, 1.807) is 7.11 Å². The fraction of sp³-hybridized carbons (Fsp3) is 0.364. The van der Waals surface area contributed by atoms with Crippen LogP contribution in [0.5, 0.6) is 11.5 Å². The maximum Gasteiger partial charge on any atom is 0.252 e. The Hall–Kier alpha value is -2.64. The Bertz CT molecular complexity index is 1020. The fourth-order valence-electron chi connectivity index (χ4n) is 2.98. The Morgan fingerprint density at radius 1 is 1.03 bits per heavy atom. The fourth-order valence-corrected chi connectivity index (χ4v) is 4.09. The van der Waals surface area contributed by atoms with E-state index >= 15 is 0 Å².